The number of aliphatic carboxylic acids is 1. The Morgan fingerprint density at radius 1 is 1.03 bits per heavy atom. The number of nitrogens with zero attached hydrogens (tertiary/aromatic N) is 2. The molecular weight excluding hydrogens is 396 g/mol. The molecule has 2 aliphatic rings. The molecule has 1 aliphatic carbocycles. The molecule has 1 saturated heterocycles. The van der Waals surface area contributed by atoms with Crippen LogP contribution in [0.5, 0.6) is 0 Å². The molecule has 2 aromatic rings. The van der Waals surface area contributed by atoms with Crippen LogP contribution in [-0.2, 0) is 11.3 Å². The number of likely N-dealkylation sites (tertiary alicyclic amines) is 1. The molecule has 4 nitrogen and oxygen atoms in total. The van der Waals surface area contributed by atoms with E-state index in [1.165, 1.54) is 42.6 Å². The summed E-state index contributed by atoms with van der Waals surface area (Å²) in [5.74, 6) is -0.983. The van der Waals surface area contributed by atoms with Gasteiger partial charge in [0.05, 0.1) is 11.3 Å². The second kappa shape index (κ2) is 9.49. The van der Waals surface area contributed by atoms with Gasteiger partial charge >= 0.3 is 5.97 Å². The Balaban J connectivity index is 1.62. The van der Waals surface area contributed by atoms with Crippen LogP contribution in [0.4, 0.5) is 0 Å². The normalized spacial score (nSPS) is 18.2. The van der Waals surface area contributed by atoms with Crippen LogP contribution in [0, 0.1) is 0 Å². The SMILES string of the molecule is C=C1C=C(c2ccc(-c3ccccc3CN3CCCC3)cc2)C=C(C(=O)O)C1=NC(C)C. The fourth-order valence-electron chi connectivity index (χ4n) is 4.40. The highest BCUT2D eigenvalue weighted by atomic mass is 16.4. The Bertz CT molecular complexity index is 1110. The molecule has 0 spiro atoms. The molecule has 2 aromatic carbocycles. The third-order valence-electron chi connectivity index (χ3n) is 5.95. The fourth-order valence-corrected chi connectivity index (χ4v) is 4.40. The lowest BCUT2D eigenvalue weighted by molar-refractivity contribution is -0.132. The third-order valence-corrected chi connectivity index (χ3v) is 5.95. The minimum Gasteiger partial charge on any atom is -0.478 e. The first-order valence-electron chi connectivity index (χ1n) is 11.3. The third kappa shape index (κ3) is 4.81. The Morgan fingerprint density at radius 3 is 2.34 bits per heavy atom. The number of carboxylic acid groups (broad SMARTS) is 1. The molecule has 1 aliphatic heterocycles. The van der Waals surface area contributed by atoms with E-state index in [0.29, 0.717) is 11.3 Å². The van der Waals surface area contributed by atoms with E-state index < -0.39 is 5.97 Å². The van der Waals surface area contributed by atoms with Crippen LogP contribution < -0.4 is 0 Å². The van der Waals surface area contributed by atoms with Crippen molar-refractivity contribution >= 4 is 17.3 Å². The van der Waals surface area contributed by atoms with Crippen molar-refractivity contribution in [3.05, 3.63) is 89.5 Å². The van der Waals surface area contributed by atoms with Crippen LogP contribution in [0.1, 0.15) is 37.8 Å². The molecule has 0 aromatic heterocycles. The number of hydrogen-bond acceptors (Lipinski definition) is 3. The zero-order valence-corrected chi connectivity index (χ0v) is 18.8. The van der Waals surface area contributed by atoms with Crippen LogP contribution in [0.3, 0.4) is 0 Å². The molecule has 0 atom stereocenters. The van der Waals surface area contributed by atoms with Gasteiger partial charge in [0.1, 0.15) is 0 Å². The van der Waals surface area contributed by atoms with Gasteiger partial charge in [-0.15, -0.1) is 0 Å². The average Bonchev–Trinajstić information content (AvgIpc) is 3.28. The van der Waals surface area contributed by atoms with Gasteiger partial charge in [0.2, 0.25) is 0 Å². The van der Waals surface area contributed by atoms with Crippen LogP contribution in [0.25, 0.3) is 16.7 Å². The molecular formula is C28H30N2O2. The van der Waals surface area contributed by atoms with E-state index in [2.05, 4.69) is 65.0 Å². The largest absolute Gasteiger partial charge is 0.478 e. The second-order valence-electron chi connectivity index (χ2n) is 8.78. The van der Waals surface area contributed by atoms with Crippen LogP contribution in [-0.4, -0.2) is 40.8 Å². The van der Waals surface area contributed by atoms with E-state index in [0.717, 1.165) is 17.7 Å². The topological polar surface area (TPSA) is 52.9 Å². The lowest BCUT2D eigenvalue weighted by Gasteiger charge is -2.19. The summed E-state index contributed by atoms with van der Waals surface area (Å²) in [6, 6.07) is 16.9. The summed E-state index contributed by atoms with van der Waals surface area (Å²) < 4.78 is 0. The second-order valence-corrected chi connectivity index (χ2v) is 8.78. The molecule has 4 rings (SSSR count). The number of benzene rings is 2. The molecule has 1 N–H and O–H groups in total. The molecule has 32 heavy (non-hydrogen) atoms. The zero-order valence-electron chi connectivity index (χ0n) is 18.8. The van der Waals surface area contributed by atoms with Gasteiger partial charge in [-0.05, 0) is 85.3 Å². The molecule has 4 heteroatoms. The quantitative estimate of drug-likeness (QED) is 0.639. The van der Waals surface area contributed by atoms with Gasteiger partial charge in [-0.1, -0.05) is 55.1 Å². The summed E-state index contributed by atoms with van der Waals surface area (Å²) in [4.78, 5) is 18.9. The molecule has 0 saturated carbocycles. The van der Waals surface area contributed by atoms with Gasteiger partial charge in [0.15, 0.2) is 0 Å². The van der Waals surface area contributed by atoms with Gasteiger partial charge in [0.25, 0.3) is 0 Å². The van der Waals surface area contributed by atoms with E-state index in [1.807, 2.05) is 19.9 Å². The van der Waals surface area contributed by atoms with E-state index in [-0.39, 0.29) is 11.6 Å². The molecule has 1 fully saturated rings. The maximum absolute atomic E-state index is 11.9. The fraction of sp³-hybridized carbons (Fsp3) is 0.286. The smallest absolute Gasteiger partial charge is 0.337 e. The van der Waals surface area contributed by atoms with Crippen molar-refractivity contribution in [1.29, 1.82) is 0 Å². The van der Waals surface area contributed by atoms with E-state index in [4.69, 9.17) is 0 Å². The van der Waals surface area contributed by atoms with Gasteiger partial charge in [-0.25, -0.2) is 4.79 Å². The van der Waals surface area contributed by atoms with E-state index >= 15 is 0 Å². The van der Waals surface area contributed by atoms with Crippen molar-refractivity contribution in [2.75, 3.05) is 13.1 Å². The first-order valence-corrected chi connectivity index (χ1v) is 11.3. The number of allylic oxidation sites excluding steroid dienone is 4. The Labute approximate surface area is 190 Å². The Kier molecular flexibility index (Phi) is 6.52. The minimum absolute atomic E-state index is 0.000592. The molecule has 0 amide bonds. The average molecular weight is 427 g/mol. The zero-order chi connectivity index (χ0) is 22.7. The number of aliphatic imine (C=N–C) groups is 1. The highest BCUT2D eigenvalue weighted by Gasteiger charge is 2.22. The molecule has 1 heterocycles. The first kappa shape index (κ1) is 22.0. The summed E-state index contributed by atoms with van der Waals surface area (Å²) in [6.07, 6.45) is 6.19. The summed E-state index contributed by atoms with van der Waals surface area (Å²) in [6.45, 7) is 11.2. The Morgan fingerprint density at radius 2 is 1.69 bits per heavy atom. The minimum atomic E-state index is -0.983. The standard InChI is InChI=1S/C28H30N2O2/c1-19(2)29-27-20(3)16-24(17-26(27)28(31)32)21-10-12-22(13-11-21)25-9-5-4-8-23(25)18-30-14-6-7-15-30/h4-5,8-13,16-17,19H,3,6-7,14-15,18H2,1-2H3,(H,31,32). The van der Waals surface area contributed by atoms with E-state index in [1.54, 1.807) is 6.08 Å². The summed E-state index contributed by atoms with van der Waals surface area (Å²) in [5, 5.41) is 9.72. The lowest BCUT2D eigenvalue weighted by Crippen LogP contribution is -2.18. The number of rotatable bonds is 6. The van der Waals surface area contributed by atoms with Crippen molar-refractivity contribution in [3.8, 4) is 11.1 Å². The van der Waals surface area contributed by atoms with Gasteiger partial charge in [-0.3, -0.25) is 9.89 Å². The van der Waals surface area contributed by atoms with Gasteiger partial charge in [-0.2, -0.15) is 0 Å². The van der Waals surface area contributed by atoms with E-state index in [9.17, 15) is 9.90 Å². The monoisotopic (exact) mass is 426 g/mol. The number of carbonyl (C=O) groups is 1. The molecule has 0 unspecified atom stereocenters. The van der Waals surface area contributed by atoms with Crippen LogP contribution >= 0.6 is 0 Å². The highest BCUT2D eigenvalue weighted by molar-refractivity contribution is 6.30. The van der Waals surface area contributed by atoms with Crippen molar-refractivity contribution in [2.24, 2.45) is 4.99 Å². The Hall–Kier alpha value is -3.24. The van der Waals surface area contributed by atoms with Crippen molar-refractivity contribution in [1.82, 2.24) is 4.90 Å². The van der Waals surface area contributed by atoms with Crippen molar-refractivity contribution in [3.63, 3.8) is 0 Å². The van der Waals surface area contributed by atoms with Gasteiger partial charge in [0, 0.05) is 12.6 Å². The number of carboxylic acids is 1. The van der Waals surface area contributed by atoms with Crippen LogP contribution in [0.15, 0.2) is 83.4 Å². The van der Waals surface area contributed by atoms with Gasteiger partial charge < -0.3 is 5.11 Å². The molecule has 0 radical (unpaired) electrons. The first-order chi connectivity index (χ1) is 15.4. The maximum atomic E-state index is 11.9. The summed E-state index contributed by atoms with van der Waals surface area (Å²) in [7, 11) is 0. The van der Waals surface area contributed by atoms with Crippen LogP contribution in [0.2, 0.25) is 0 Å². The predicted molar refractivity (Wildman–Crippen MR) is 132 cm³/mol. The molecule has 164 valence electrons. The van der Waals surface area contributed by atoms with Crippen molar-refractivity contribution < 1.29 is 9.90 Å². The summed E-state index contributed by atoms with van der Waals surface area (Å²) >= 11 is 0. The highest BCUT2D eigenvalue weighted by Crippen LogP contribution is 2.31. The number of hydrogen-bond donors (Lipinski definition) is 1. The molecule has 0 bridgehead atoms. The lowest BCUT2D eigenvalue weighted by atomic mass is 9.89. The summed E-state index contributed by atoms with van der Waals surface area (Å²) in [5.41, 5.74) is 6.86. The van der Waals surface area contributed by atoms with Crippen molar-refractivity contribution in [2.45, 2.75) is 39.3 Å². The predicted octanol–water partition coefficient (Wildman–Crippen LogP) is 5.76. The maximum Gasteiger partial charge on any atom is 0.337 e.